The van der Waals surface area contributed by atoms with Crippen LogP contribution in [0.5, 0.6) is 5.75 Å². The van der Waals surface area contributed by atoms with Crippen molar-refractivity contribution in [3.8, 4) is 5.75 Å². The second-order valence-electron chi connectivity index (χ2n) is 8.07. The van der Waals surface area contributed by atoms with Crippen molar-refractivity contribution >= 4 is 0 Å². The molecule has 0 spiro atoms. The van der Waals surface area contributed by atoms with Crippen LogP contribution in [0.3, 0.4) is 0 Å². The smallest absolute Gasteiger partial charge is 0.115 e. The van der Waals surface area contributed by atoms with Gasteiger partial charge in [0.2, 0.25) is 0 Å². The number of aryl methyl sites for hydroxylation is 1. The number of phenols is 1. The highest BCUT2D eigenvalue weighted by atomic mass is 16.3. The van der Waals surface area contributed by atoms with Crippen molar-refractivity contribution in [3.05, 3.63) is 29.3 Å². The molecular weight excluding hydrogens is 244 g/mol. The van der Waals surface area contributed by atoms with Crippen molar-refractivity contribution in [2.24, 2.45) is 23.2 Å². The Labute approximate surface area is 122 Å². The van der Waals surface area contributed by atoms with Crippen LogP contribution in [-0.2, 0) is 6.42 Å². The van der Waals surface area contributed by atoms with E-state index >= 15 is 0 Å². The van der Waals surface area contributed by atoms with Gasteiger partial charge in [-0.15, -0.1) is 0 Å². The van der Waals surface area contributed by atoms with Crippen LogP contribution in [0, 0.1) is 23.2 Å². The van der Waals surface area contributed by atoms with Crippen LogP contribution in [0.4, 0.5) is 0 Å². The number of benzene rings is 1. The summed E-state index contributed by atoms with van der Waals surface area (Å²) in [5, 5.41) is 9.70. The van der Waals surface area contributed by atoms with Crippen molar-refractivity contribution < 1.29 is 5.11 Å². The first-order valence-electron chi connectivity index (χ1n) is 8.38. The molecule has 3 aliphatic rings. The lowest BCUT2D eigenvalue weighted by Gasteiger charge is -2.46. The summed E-state index contributed by atoms with van der Waals surface area (Å²) in [6, 6.07) is 6.12. The third-order valence-corrected chi connectivity index (χ3v) is 6.77. The van der Waals surface area contributed by atoms with E-state index in [1.807, 2.05) is 12.1 Å². The molecule has 0 aromatic heterocycles. The summed E-state index contributed by atoms with van der Waals surface area (Å²) in [4.78, 5) is 0. The maximum Gasteiger partial charge on any atom is 0.115 e. The van der Waals surface area contributed by atoms with Crippen LogP contribution in [0.15, 0.2) is 18.2 Å². The maximum absolute atomic E-state index is 9.70. The molecule has 1 nitrogen and oxygen atoms in total. The highest BCUT2D eigenvalue weighted by molar-refractivity contribution is 5.39. The summed E-state index contributed by atoms with van der Waals surface area (Å²) in [5.41, 5.74) is 3.55. The number of hydrogen-bond acceptors (Lipinski definition) is 1. The predicted octanol–water partition coefficient (Wildman–Crippen LogP) is 4.88. The summed E-state index contributed by atoms with van der Waals surface area (Å²) in [6.07, 6.45) is 8.18. The lowest BCUT2D eigenvalue weighted by atomic mass is 9.58. The minimum absolute atomic E-state index is 0.442. The molecule has 3 aliphatic carbocycles. The zero-order valence-corrected chi connectivity index (χ0v) is 12.7. The fourth-order valence-corrected chi connectivity index (χ4v) is 5.79. The summed E-state index contributed by atoms with van der Waals surface area (Å²) in [7, 11) is 0. The Hall–Kier alpha value is -0.980. The Morgan fingerprint density at radius 1 is 1.05 bits per heavy atom. The normalized spacial score (nSPS) is 37.9. The number of fused-ring (bicyclic) bond motifs is 5. The number of aromatic hydroxyl groups is 1. The molecule has 4 rings (SSSR count). The zero-order valence-electron chi connectivity index (χ0n) is 12.7. The Morgan fingerprint density at radius 3 is 2.75 bits per heavy atom. The van der Waals surface area contributed by atoms with Crippen molar-refractivity contribution in [3.63, 3.8) is 0 Å². The molecule has 1 N–H and O–H groups in total. The molecule has 0 heterocycles. The van der Waals surface area contributed by atoms with E-state index in [1.54, 1.807) is 5.56 Å². The predicted molar refractivity (Wildman–Crippen MR) is 81.9 cm³/mol. The molecule has 0 radical (unpaired) electrons. The molecule has 0 saturated heterocycles. The third kappa shape index (κ3) is 1.75. The fraction of sp³-hybridized carbons (Fsp3) is 0.684. The fourth-order valence-electron chi connectivity index (χ4n) is 5.79. The number of phenolic OH excluding ortho intramolecular Hbond substituents is 1. The van der Waals surface area contributed by atoms with Gasteiger partial charge >= 0.3 is 0 Å². The highest BCUT2D eigenvalue weighted by Crippen LogP contribution is 2.60. The van der Waals surface area contributed by atoms with Crippen LogP contribution in [-0.4, -0.2) is 5.11 Å². The molecular formula is C19H26O. The number of rotatable bonds is 0. The minimum Gasteiger partial charge on any atom is -0.508 e. The molecule has 4 atom stereocenters. The van der Waals surface area contributed by atoms with Crippen LogP contribution >= 0.6 is 0 Å². The van der Waals surface area contributed by atoms with Crippen LogP contribution < -0.4 is 0 Å². The highest BCUT2D eigenvalue weighted by Gasteiger charge is 2.50. The van der Waals surface area contributed by atoms with E-state index in [0.29, 0.717) is 11.2 Å². The quantitative estimate of drug-likeness (QED) is 0.712. The van der Waals surface area contributed by atoms with E-state index < -0.39 is 0 Å². The lowest BCUT2D eigenvalue weighted by Crippen LogP contribution is -2.37. The summed E-state index contributed by atoms with van der Waals surface area (Å²) in [5.74, 6) is 4.05. The van der Waals surface area contributed by atoms with Gasteiger partial charge in [-0.25, -0.2) is 0 Å². The van der Waals surface area contributed by atoms with Crippen molar-refractivity contribution in [1.29, 1.82) is 0 Å². The molecule has 20 heavy (non-hydrogen) atoms. The average molecular weight is 270 g/mol. The summed E-state index contributed by atoms with van der Waals surface area (Å²) in [6.45, 7) is 4.99. The molecule has 2 saturated carbocycles. The van der Waals surface area contributed by atoms with Gasteiger partial charge in [-0.2, -0.15) is 0 Å². The molecule has 1 aromatic rings. The lowest BCUT2D eigenvalue weighted by molar-refractivity contribution is 0.0854. The molecule has 2 fully saturated rings. The van der Waals surface area contributed by atoms with Crippen LogP contribution in [0.25, 0.3) is 0 Å². The van der Waals surface area contributed by atoms with E-state index in [0.717, 1.165) is 23.7 Å². The molecule has 1 heteroatoms. The Balaban J connectivity index is 1.68. The first-order chi connectivity index (χ1) is 9.56. The molecule has 108 valence electrons. The summed E-state index contributed by atoms with van der Waals surface area (Å²) >= 11 is 0. The minimum atomic E-state index is 0.442. The van der Waals surface area contributed by atoms with Crippen LogP contribution in [0.1, 0.15) is 63.0 Å². The topological polar surface area (TPSA) is 20.2 Å². The van der Waals surface area contributed by atoms with Gasteiger partial charge in [-0.05, 0) is 90.9 Å². The van der Waals surface area contributed by atoms with E-state index in [1.165, 1.54) is 44.1 Å². The van der Waals surface area contributed by atoms with Gasteiger partial charge in [0.15, 0.2) is 0 Å². The second-order valence-corrected chi connectivity index (χ2v) is 8.07. The largest absolute Gasteiger partial charge is 0.508 e. The van der Waals surface area contributed by atoms with Gasteiger partial charge in [0.1, 0.15) is 5.75 Å². The van der Waals surface area contributed by atoms with Gasteiger partial charge in [-0.1, -0.05) is 19.9 Å². The monoisotopic (exact) mass is 270 g/mol. The van der Waals surface area contributed by atoms with Crippen LogP contribution in [0.2, 0.25) is 0 Å². The number of hydrogen-bond donors (Lipinski definition) is 1. The molecule has 0 amide bonds. The van der Waals surface area contributed by atoms with Crippen molar-refractivity contribution in [2.45, 2.75) is 58.3 Å². The molecule has 4 unspecified atom stereocenters. The molecule has 1 aromatic carbocycles. The van der Waals surface area contributed by atoms with Crippen molar-refractivity contribution in [2.75, 3.05) is 0 Å². The molecule has 0 aliphatic heterocycles. The first-order valence-corrected chi connectivity index (χ1v) is 8.38. The van der Waals surface area contributed by atoms with E-state index in [9.17, 15) is 5.11 Å². The van der Waals surface area contributed by atoms with E-state index in [-0.39, 0.29) is 0 Å². The van der Waals surface area contributed by atoms with Gasteiger partial charge < -0.3 is 5.11 Å². The second kappa shape index (κ2) is 4.26. The first kappa shape index (κ1) is 12.7. The van der Waals surface area contributed by atoms with Gasteiger partial charge in [-0.3, -0.25) is 0 Å². The van der Waals surface area contributed by atoms with Gasteiger partial charge in [0, 0.05) is 0 Å². The Kier molecular flexibility index (Phi) is 2.71. The molecule has 0 bridgehead atoms. The Morgan fingerprint density at radius 2 is 1.90 bits per heavy atom. The van der Waals surface area contributed by atoms with E-state index in [2.05, 4.69) is 19.9 Å². The average Bonchev–Trinajstić information content (AvgIpc) is 2.74. The maximum atomic E-state index is 9.70. The van der Waals surface area contributed by atoms with Crippen molar-refractivity contribution in [1.82, 2.24) is 0 Å². The summed E-state index contributed by atoms with van der Waals surface area (Å²) < 4.78 is 0. The van der Waals surface area contributed by atoms with E-state index in [4.69, 9.17) is 0 Å². The van der Waals surface area contributed by atoms with Gasteiger partial charge in [0.05, 0.1) is 0 Å². The Bertz CT molecular complexity index is 531. The SMILES string of the molecule is CC1(C)CCC2C3CCc4cc(O)ccc4C3CCC21. The third-order valence-electron chi connectivity index (χ3n) is 6.77. The zero-order chi connectivity index (χ0) is 13.9. The van der Waals surface area contributed by atoms with Gasteiger partial charge in [0.25, 0.3) is 0 Å². The standard InChI is InChI=1S/C19H26O/c1-19(2)10-9-17-16-5-3-12-11-13(20)4-6-14(12)15(16)7-8-18(17)19/h4,6,11,15-18,20H,3,5,7-10H2,1-2H3.